The number of thioether (sulfide) groups is 1. The van der Waals surface area contributed by atoms with E-state index in [2.05, 4.69) is 34.9 Å². The van der Waals surface area contributed by atoms with E-state index >= 15 is 0 Å². The lowest BCUT2D eigenvalue weighted by Crippen LogP contribution is -2.47. The number of amidine groups is 1. The molecule has 0 amide bonds. The third-order valence-electron chi connectivity index (χ3n) is 4.29. The number of nitrogens with two attached hydrogens (primary N) is 1. The summed E-state index contributed by atoms with van der Waals surface area (Å²) in [6.45, 7) is 6.48. The topological polar surface area (TPSA) is 56.4 Å². The second-order valence-electron chi connectivity index (χ2n) is 5.75. The smallest absolute Gasteiger partial charge is 0.126 e. The molecule has 1 heterocycles. The van der Waals surface area contributed by atoms with E-state index in [1.807, 2.05) is 0 Å². The predicted octanol–water partition coefficient (Wildman–Crippen LogP) is 2.37. The number of rotatable bonds is 5. The quantitative estimate of drug-likeness (QED) is 0.498. The zero-order valence-corrected chi connectivity index (χ0v) is 13.5. The number of nitrogens with one attached hydrogen (secondary N) is 1. The van der Waals surface area contributed by atoms with Crippen LogP contribution in [0.4, 0.5) is 5.69 Å². The first-order valence-electron chi connectivity index (χ1n) is 7.80. The van der Waals surface area contributed by atoms with Crippen molar-refractivity contribution in [3.8, 4) is 0 Å². The lowest BCUT2D eigenvalue weighted by atomic mass is 10.1. The van der Waals surface area contributed by atoms with Crippen molar-refractivity contribution in [1.29, 1.82) is 5.41 Å². The van der Waals surface area contributed by atoms with E-state index in [0.717, 1.165) is 54.1 Å². The Hall–Kier alpha value is -1.20. The van der Waals surface area contributed by atoms with E-state index in [0.29, 0.717) is 0 Å². The Morgan fingerprint density at radius 3 is 2.57 bits per heavy atom. The van der Waals surface area contributed by atoms with Gasteiger partial charge in [-0.1, -0.05) is 13.0 Å². The van der Waals surface area contributed by atoms with Crippen molar-refractivity contribution in [2.45, 2.75) is 30.7 Å². The van der Waals surface area contributed by atoms with E-state index in [-0.39, 0.29) is 5.84 Å². The number of anilines is 1. The number of piperazine rings is 1. The van der Waals surface area contributed by atoms with Crippen LogP contribution in [-0.2, 0) is 0 Å². The molecule has 0 aromatic heterocycles. The molecule has 1 aliphatic heterocycles. The average Bonchev–Trinajstić information content (AvgIpc) is 3.32. The summed E-state index contributed by atoms with van der Waals surface area (Å²) in [6, 6.07) is 7.13. The molecule has 5 heteroatoms. The Morgan fingerprint density at radius 2 is 2.00 bits per heavy atom. The molecule has 0 spiro atoms. The van der Waals surface area contributed by atoms with Gasteiger partial charge < -0.3 is 10.6 Å². The monoisotopic (exact) mass is 304 g/mol. The summed E-state index contributed by atoms with van der Waals surface area (Å²) in [5.74, 6) is 1.19. The van der Waals surface area contributed by atoms with E-state index in [9.17, 15) is 0 Å². The Labute approximate surface area is 131 Å². The minimum atomic E-state index is 0.186. The minimum Gasteiger partial charge on any atom is -0.384 e. The van der Waals surface area contributed by atoms with Gasteiger partial charge in [0.05, 0.1) is 5.56 Å². The van der Waals surface area contributed by atoms with Gasteiger partial charge in [0.2, 0.25) is 0 Å². The van der Waals surface area contributed by atoms with Crippen molar-refractivity contribution in [1.82, 2.24) is 4.90 Å². The van der Waals surface area contributed by atoms with Crippen molar-refractivity contribution < 1.29 is 0 Å². The summed E-state index contributed by atoms with van der Waals surface area (Å²) >= 11 is 1.77. The number of nitrogen functional groups attached to an aromatic ring is 1. The second kappa shape index (κ2) is 6.28. The molecule has 0 atom stereocenters. The van der Waals surface area contributed by atoms with E-state index in [1.165, 1.54) is 12.8 Å². The van der Waals surface area contributed by atoms with Crippen LogP contribution in [0.15, 0.2) is 23.1 Å². The maximum atomic E-state index is 7.96. The first kappa shape index (κ1) is 14.7. The molecular weight excluding hydrogens is 280 g/mol. The van der Waals surface area contributed by atoms with Gasteiger partial charge in [0.25, 0.3) is 0 Å². The highest BCUT2D eigenvalue weighted by Crippen LogP contribution is 2.33. The molecule has 2 fully saturated rings. The Morgan fingerprint density at radius 1 is 1.29 bits per heavy atom. The van der Waals surface area contributed by atoms with Crippen molar-refractivity contribution >= 4 is 23.3 Å². The lowest BCUT2D eigenvalue weighted by molar-refractivity contribution is 0.248. The van der Waals surface area contributed by atoms with Crippen LogP contribution in [0.1, 0.15) is 25.3 Å². The summed E-state index contributed by atoms with van der Waals surface area (Å²) in [4.78, 5) is 6.14. The van der Waals surface area contributed by atoms with Gasteiger partial charge in [0.15, 0.2) is 0 Å². The standard InChI is InChI=1S/C16H24N4S/c1-2-21-14-5-3-4-13(15(14)16(17)18)20-10-8-19(9-11-20)12-6-7-12/h3-5,12H,2,6-11H2,1H3,(H3,17,18). The molecule has 0 unspecified atom stereocenters. The van der Waals surface area contributed by atoms with Crippen LogP contribution in [0.2, 0.25) is 0 Å². The third kappa shape index (κ3) is 3.19. The fourth-order valence-corrected chi connectivity index (χ4v) is 3.94. The van der Waals surface area contributed by atoms with Crippen molar-refractivity contribution in [2.24, 2.45) is 5.73 Å². The van der Waals surface area contributed by atoms with Crippen LogP contribution in [0, 0.1) is 5.41 Å². The third-order valence-corrected chi connectivity index (χ3v) is 5.23. The van der Waals surface area contributed by atoms with Crippen LogP contribution in [0.3, 0.4) is 0 Å². The second-order valence-corrected chi connectivity index (χ2v) is 7.06. The van der Waals surface area contributed by atoms with Crippen LogP contribution >= 0.6 is 11.8 Å². The molecule has 0 bridgehead atoms. The fraction of sp³-hybridized carbons (Fsp3) is 0.562. The summed E-state index contributed by atoms with van der Waals surface area (Å²) in [5.41, 5.74) is 7.93. The molecule has 0 radical (unpaired) electrons. The van der Waals surface area contributed by atoms with Crippen LogP contribution < -0.4 is 10.6 Å². The van der Waals surface area contributed by atoms with Crippen molar-refractivity contribution in [3.05, 3.63) is 23.8 Å². The molecule has 21 heavy (non-hydrogen) atoms. The highest BCUT2D eigenvalue weighted by molar-refractivity contribution is 7.99. The molecule has 1 aromatic rings. The summed E-state index contributed by atoms with van der Waals surface area (Å²) in [6.07, 6.45) is 2.75. The van der Waals surface area contributed by atoms with E-state index in [4.69, 9.17) is 11.1 Å². The summed E-state index contributed by atoms with van der Waals surface area (Å²) < 4.78 is 0. The maximum Gasteiger partial charge on any atom is 0.126 e. The Bertz CT molecular complexity index is 519. The van der Waals surface area contributed by atoms with Crippen molar-refractivity contribution in [2.75, 3.05) is 36.8 Å². The number of hydrogen-bond donors (Lipinski definition) is 2. The largest absolute Gasteiger partial charge is 0.384 e. The van der Waals surface area contributed by atoms with Gasteiger partial charge in [-0.15, -0.1) is 11.8 Å². The maximum absolute atomic E-state index is 7.96. The average molecular weight is 304 g/mol. The van der Waals surface area contributed by atoms with Gasteiger partial charge >= 0.3 is 0 Å². The molecule has 114 valence electrons. The summed E-state index contributed by atoms with van der Waals surface area (Å²) in [5, 5.41) is 7.96. The lowest BCUT2D eigenvalue weighted by Gasteiger charge is -2.37. The minimum absolute atomic E-state index is 0.186. The Kier molecular flexibility index (Phi) is 4.40. The van der Waals surface area contributed by atoms with Crippen molar-refractivity contribution in [3.63, 3.8) is 0 Å². The van der Waals surface area contributed by atoms with Crippen LogP contribution in [0.25, 0.3) is 0 Å². The normalized spacial score (nSPS) is 19.8. The first-order valence-corrected chi connectivity index (χ1v) is 8.78. The van der Waals surface area contributed by atoms with Gasteiger partial charge in [-0.05, 0) is 30.7 Å². The molecule has 4 nitrogen and oxygen atoms in total. The Balaban J connectivity index is 1.80. The van der Waals surface area contributed by atoms with Gasteiger partial charge in [0, 0.05) is 42.8 Å². The highest BCUT2D eigenvalue weighted by Gasteiger charge is 2.31. The van der Waals surface area contributed by atoms with E-state index in [1.54, 1.807) is 11.8 Å². The molecule has 1 aromatic carbocycles. The molecule has 3 rings (SSSR count). The SMILES string of the molecule is CCSc1cccc(N2CCN(C3CC3)CC2)c1C(=N)N. The van der Waals surface area contributed by atoms with E-state index < -0.39 is 0 Å². The zero-order valence-electron chi connectivity index (χ0n) is 12.6. The highest BCUT2D eigenvalue weighted by atomic mass is 32.2. The fourth-order valence-electron chi connectivity index (χ4n) is 3.10. The number of hydrogen-bond acceptors (Lipinski definition) is 4. The number of benzene rings is 1. The predicted molar refractivity (Wildman–Crippen MR) is 90.7 cm³/mol. The molecule has 1 aliphatic carbocycles. The van der Waals surface area contributed by atoms with Gasteiger partial charge in [0.1, 0.15) is 5.84 Å². The summed E-state index contributed by atoms with van der Waals surface area (Å²) in [7, 11) is 0. The van der Waals surface area contributed by atoms with Gasteiger partial charge in [-0.25, -0.2) is 0 Å². The van der Waals surface area contributed by atoms with Gasteiger partial charge in [-0.3, -0.25) is 10.3 Å². The van der Waals surface area contributed by atoms with Crippen LogP contribution in [0.5, 0.6) is 0 Å². The molecular formula is C16H24N4S. The number of nitrogens with zero attached hydrogens (tertiary/aromatic N) is 2. The zero-order chi connectivity index (χ0) is 14.8. The first-order chi connectivity index (χ1) is 10.2. The molecule has 3 N–H and O–H groups in total. The molecule has 2 aliphatic rings. The van der Waals surface area contributed by atoms with Crippen LogP contribution in [-0.4, -0.2) is 48.7 Å². The molecule has 1 saturated carbocycles. The van der Waals surface area contributed by atoms with Gasteiger partial charge in [-0.2, -0.15) is 0 Å². The molecule has 1 saturated heterocycles.